The van der Waals surface area contributed by atoms with Crippen molar-refractivity contribution in [2.24, 2.45) is 5.92 Å². The van der Waals surface area contributed by atoms with Gasteiger partial charge in [-0.15, -0.1) is 0 Å². The third-order valence-corrected chi connectivity index (χ3v) is 4.69. The summed E-state index contributed by atoms with van der Waals surface area (Å²) in [5.41, 5.74) is 0.456. The zero-order chi connectivity index (χ0) is 16.5. The summed E-state index contributed by atoms with van der Waals surface area (Å²) in [5, 5.41) is 6.05. The molecule has 126 valence electrons. The number of hydrogen-bond acceptors (Lipinski definition) is 2. The lowest BCUT2D eigenvalue weighted by Crippen LogP contribution is -2.34. The normalized spacial score (nSPS) is 15.2. The van der Waals surface area contributed by atoms with Gasteiger partial charge < -0.3 is 10.6 Å². The Labute approximate surface area is 143 Å². The molecule has 0 atom stereocenters. The van der Waals surface area contributed by atoms with Crippen molar-refractivity contribution in [1.29, 1.82) is 0 Å². The first-order valence-corrected chi connectivity index (χ1v) is 8.84. The highest BCUT2D eigenvalue weighted by molar-refractivity contribution is 6.33. The molecule has 0 spiro atoms. The van der Waals surface area contributed by atoms with Crippen molar-refractivity contribution in [2.45, 2.75) is 44.9 Å². The lowest BCUT2D eigenvalue weighted by atomic mass is 9.86. The molecule has 0 aromatic heterocycles. The molecule has 23 heavy (non-hydrogen) atoms. The van der Waals surface area contributed by atoms with Crippen LogP contribution in [0, 0.1) is 5.92 Å². The number of nitrogens with one attached hydrogen (secondary N) is 2. The molecule has 1 aliphatic carbocycles. The second-order valence-electron chi connectivity index (χ2n) is 6.13. The van der Waals surface area contributed by atoms with Gasteiger partial charge in [0.15, 0.2) is 0 Å². The fourth-order valence-corrected chi connectivity index (χ4v) is 3.24. The molecule has 4 nitrogen and oxygen atoms in total. The smallest absolute Gasteiger partial charge is 0.252 e. The third-order valence-electron chi connectivity index (χ3n) is 4.36. The fraction of sp³-hybridized carbons (Fsp3) is 0.556. The van der Waals surface area contributed by atoms with Crippen LogP contribution < -0.4 is 10.6 Å². The van der Waals surface area contributed by atoms with Crippen LogP contribution in [0.3, 0.4) is 0 Å². The molecular weight excluding hydrogens is 312 g/mol. The fourth-order valence-electron chi connectivity index (χ4n) is 3.02. The third kappa shape index (κ3) is 6.22. The minimum absolute atomic E-state index is 0.0718. The van der Waals surface area contributed by atoms with Gasteiger partial charge in [-0.05, 0) is 24.5 Å². The molecule has 5 heteroatoms. The number of amides is 2. The van der Waals surface area contributed by atoms with Gasteiger partial charge in [-0.2, -0.15) is 0 Å². The van der Waals surface area contributed by atoms with E-state index in [1.54, 1.807) is 24.3 Å². The Hall–Kier alpha value is -1.55. The molecule has 2 rings (SSSR count). The van der Waals surface area contributed by atoms with E-state index in [9.17, 15) is 9.59 Å². The Kier molecular flexibility index (Phi) is 7.40. The Balaban J connectivity index is 1.58. The lowest BCUT2D eigenvalue weighted by molar-refractivity contribution is -0.121. The van der Waals surface area contributed by atoms with Crippen molar-refractivity contribution in [3.05, 3.63) is 34.9 Å². The maximum atomic E-state index is 11.9. The Morgan fingerprint density at radius 2 is 1.74 bits per heavy atom. The number of benzene rings is 1. The van der Waals surface area contributed by atoms with Crippen LogP contribution >= 0.6 is 11.6 Å². The van der Waals surface area contributed by atoms with E-state index >= 15 is 0 Å². The maximum absolute atomic E-state index is 11.9. The van der Waals surface area contributed by atoms with E-state index in [1.165, 1.54) is 32.1 Å². The molecule has 1 fully saturated rings. The number of hydrogen-bond donors (Lipinski definition) is 2. The summed E-state index contributed by atoms with van der Waals surface area (Å²) in [6.07, 6.45) is 8.05. The average Bonchev–Trinajstić information content (AvgIpc) is 2.58. The first-order valence-electron chi connectivity index (χ1n) is 8.46. The Morgan fingerprint density at radius 1 is 1.04 bits per heavy atom. The standard InChI is InChI=1S/C18H25ClN2O2/c19-16-9-5-4-8-15(16)18(23)21-13-12-20-17(22)11-10-14-6-2-1-3-7-14/h4-5,8-9,14H,1-3,6-7,10-13H2,(H,20,22)(H,21,23). The van der Waals surface area contributed by atoms with E-state index in [0.717, 1.165) is 12.3 Å². The second-order valence-corrected chi connectivity index (χ2v) is 6.54. The van der Waals surface area contributed by atoms with Crippen LogP contribution in [0.25, 0.3) is 0 Å². The summed E-state index contributed by atoms with van der Waals surface area (Å²) < 4.78 is 0. The zero-order valence-corrected chi connectivity index (χ0v) is 14.2. The average molecular weight is 337 g/mol. The first kappa shape index (κ1) is 17.8. The van der Waals surface area contributed by atoms with Gasteiger partial charge >= 0.3 is 0 Å². The largest absolute Gasteiger partial charge is 0.354 e. The molecule has 0 bridgehead atoms. The van der Waals surface area contributed by atoms with Crippen LogP contribution in [0.15, 0.2) is 24.3 Å². The molecular formula is C18H25ClN2O2. The van der Waals surface area contributed by atoms with Gasteiger partial charge in [0.1, 0.15) is 0 Å². The van der Waals surface area contributed by atoms with Crippen molar-refractivity contribution in [2.75, 3.05) is 13.1 Å². The quantitative estimate of drug-likeness (QED) is 0.748. The molecule has 0 unspecified atom stereocenters. The summed E-state index contributed by atoms with van der Waals surface area (Å²) in [7, 11) is 0. The van der Waals surface area contributed by atoms with E-state index in [0.29, 0.717) is 30.1 Å². The van der Waals surface area contributed by atoms with Gasteiger partial charge in [0, 0.05) is 19.5 Å². The van der Waals surface area contributed by atoms with Crippen LogP contribution in [0.4, 0.5) is 0 Å². The van der Waals surface area contributed by atoms with Crippen molar-refractivity contribution in [1.82, 2.24) is 10.6 Å². The zero-order valence-electron chi connectivity index (χ0n) is 13.4. The predicted molar refractivity (Wildman–Crippen MR) is 92.6 cm³/mol. The van der Waals surface area contributed by atoms with Crippen LogP contribution in [-0.4, -0.2) is 24.9 Å². The van der Waals surface area contributed by atoms with Gasteiger partial charge in [0.05, 0.1) is 10.6 Å². The van der Waals surface area contributed by atoms with Gasteiger partial charge in [-0.1, -0.05) is 55.8 Å². The van der Waals surface area contributed by atoms with E-state index in [1.807, 2.05) is 0 Å². The molecule has 1 saturated carbocycles. The minimum Gasteiger partial charge on any atom is -0.354 e. The van der Waals surface area contributed by atoms with Crippen LogP contribution in [0.5, 0.6) is 0 Å². The van der Waals surface area contributed by atoms with Gasteiger partial charge in [-0.25, -0.2) is 0 Å². The lowest BCUT2D eigenvalue weighted by Gasteiger charge is -2.20. The van der Waals surface area contributed by atoms with E-state index in [2.05, 4.69) is 10.6 Å². The highest BCUT2D eigenvalue weighted by Gasteiger charge is 2.14. The summed E-state index contributed by atoms with van der Waals surface area (Å²) in [6, 6.07) is 6.92. The molecule has 1 aromatic carbocycles. The van der Waals surface area contributed by atoms with E-state index in [4.69, 9.17) is 11.6 Å². The molecule has 0 aliphatic heterocycles. The molecule has 2 N–H and O–H groups in total. The van der Waals surface area contributed by atoms with Crippen LogP contribution in [-0.2, 0) is 4.79 Å². The van der Waals surface area contributed by atoms with Crippen molar-refractivity contribution in [3.8, 4) is 0 Å². The van der Waals surface area contributed by atoms with Crippen molar-refractivity contribution >= 4 is 23.4 Å². The molecule has 2 amide bonds. The van der Waals surface area contributed by atoms with E-state index < -0.39 is 0 Å². The van der Waals surface area contributed by atoms with Gasteiger partial charge in [0.2, 0.25) is 5.91 Å². The topological polar surface area (TPSA) is 58.2 Å². The molecule has 0 saturated heterocycles. The number of carbonyl (C=O) groups is 2. The second kappa shape index (κ2) is 9.56. The predicted octanol–water partition coefficient (Wildman–Crippen LogP) is 3.55. The van der Waals surface area contributed by atoms with Gasteiger partial charge in [-0.3, -0.25) is 9.59 Å². The summed E-state index contributed by atoms with van der Waals surface area (Å²) >= 11 is 5.97. The minimum atomic E-state index is -0.216. The SMILES string of the molecule is O=C(CCC1CCCCC1)NCCNC(=O)c1ccccc1Cl. The van der Waals surface area contributed by atoms with Crippen LogP contribution in [0.2, 0.25) is 5.02 Å². The van der Waals surface area contributed by atoms with E-state index in [-0.39, 0.29) is 11.8 Å². The molecule has 1 aliphatic rings. The monoisotopic (exact) mass is 336 g/mol. The number of halogens is 1. The van der Waals surface area contributed by atoms with Crippen LogP contribution in [0.1, 0.15) is 55.3 Å². The summed E-state index contributed by atoms with van der Waals surface area (Å²) in [5.74, 6) is 0.573. The van der Waals surface area contributed by atoms with Crippen molar-refractivity contribution < 1.29 is 9.59 Å². The summed E-state index contributed by atoms with van der Waals surface area (Å²) in [6.45, 7) is 0.846. The maximum Gasteiger partial charge on any atom is 0.252 e. The Bertz CT molecular complexity index is 528. The highest BCUT2D eigenvalue weighted by atomic mass is 35.5. The molecule has 0 heterocycles. The van der Waals surface area contributed by atoms with Crippen molar-refractivity contribution in [3.63, 3.8) is 0 Å². The Morgan fingerprint density at radius 3 is 2.48 bits per heavy atom. The first-order chi connectivity index (χ1) is 11.2. The number of rotatable bonds is 7. The highest BCUT2D eigenvalue weighted by Crippen LogP contribution is 2.27. The molecule has 0 radical (unpaired) electrons. The molecule has 1 aromatic rings. The van der Waals surface area contributed by atoms with Gasteiger partial charge in [0.25, 0.3) is 5.91 Å². The number of carbonyl (C=O) groups excluding carboxylic acids is 2. The summed E-state index contributed by atoms with van der Waals surface area (Å²) in [4.78, 5) is 23.7.